The number of nitrogens with zero attached hydrogens (tertiary/aromatic N) is 1. The Hall–Kier alpha value is -1.65. The maximum Gasteiger partial charge on any atom is 0.284 e. The summed E-state index contributed by atoms with van der Waals surface area (Å²) >= 11 is 6.11. The Morgan fingerprint density at radius 3 is 2.50 bits per heavy atom. The van der Waals surface area contributed by atoms with Gasteiger partial charge in [-0.3, -0.25) is 9.78 Å². The molecule has 0 aliphatic rings. The highest BCUT2D eigenvalue weighted by atomic mass is 35.5. The predicted octanol–water partition coefficient (Wildman–Crippen LogP) is 4.84. The fourth-order valence-corrected chi connectivity index (χ4v) is 2.85. The van der Waals surface area contributed by atoms with Crippen LogP contribution in [-0.4, -0.2) is 17.4 Å². The van der Waals surface area contributed by atoms with Crippen LogP contribution < -0.4 is 5.32 Å². The lowest BCUT2D eigenvalue weighted by atomic mass is 10.0. The van der Waals surface area contributed by atoms with E-state index in [4.69, 9.17) is 11.6 Å². The van der Waals surface area contributed by atoms with Crippen LogP contribution in [0.5, 0.6) is 0 Å². The number of pyridine rings is 1. The summed E-state index contributed by atoms with van der Waals surface area (Å²) in [5, 5.41) is 2.87. The molecule has 1 N–H and O–H groups in total. The van der Waals surface area contributed by atoms with Gasteiger partial charge in [0.25, 0.3) is 11.6 Å². The molecule has 2 rings (SSSR count). The Balaban J connectivity index is 2.04. The minimum Gasteiger partial charge on any atom is -0.352 e. The van der Waals surface area contributed by atoms with Crippen LogP contribution in [0.1, 0.15) is 41.0 Å². The summed E-state index contributed by atoms with van der Waals surface area (Å²) in [7, 11) is 1.42. The van der Waals surface area contributed by atoms with Gasteiger partial charge in [-0.25, -0.2) is 4.39 Å². The number of hydrogen-bond acceptors (Lipinski definition) is 2. The first-order valence-corrected chi connectivity index (χ1v) is 8.84. The zero-order valence-electron chi connectivity index (χ0n) is 14.3. The van der Waals surface area contributed by atoms with Crippen molar-refractivity contribution in [3.63, 3.8) is 0 Å². The Kier molecular flexibility index (Phi) is 6.30. The molecule has 140 valence electrons. The van der Waals surface area contributed by atoms with Crippen molar-refractivity contribution in [3.05, 3.63) is 63.9 Å². The molecule has 26 heavy (non-hydrogen) atoms. The van der Waals surface area contributed by atoms with Gasteiger partial charge in [0.2, 0.25) is 0 Å². The van der Waals surface area contributed by atoms with E-state index in [0.717, 1.165) is 0 Å². The molecule has 0 radical (unpaired) electrons. The first-order valence-electron chi connectivity index (χ1n) is 7.88. The molecule has 0 aliphatic carbocycles. The summed E-state index contributed by atoms with van der Waals surface area (Å²) in [6, 6.07) is 7.01. The van der Waals surface area contributed by atoms with Crippen molar-refractivity contribution in [1.82, 2.24) is 10.3 Å². The highest BCUT2D eigenvalue weighted by Crippen LogP contribution is 2.36. The van der Waals surface area contributed by atoms with Gasteiger partial charge in [0.1, 0.15) is 5.67 Å². The van der Waals surface area contributed by atoms with Crippen molar-refractivity contribution < 1.29 is 18.0 Å². The SMILES string of the molecule is CC(C)(F)c1cnc(CCNC(=O)c2ccccc2C(F)(F)P)c(Cl)c1. The van der Waals surface area contributed by atoms with E-state index in [1.165, 1.54) is 59.6 Å². The lowest BCUT2D eigenvalue weighted by Crippen LogP contribution is -2.28. The van der Waals surface area contributed by atoms with Crippen molar-refractivity contribution in [1.29, 1.82) is 0 Å². The zero-order chi connectivity index (χ0) is 19.5. The molecule has 0 aliphatic heterocycles. The fourth-order valence-electron chi connectivity index (χ4n) is 2.34. The van der Waals surface area contributed by atoms with Gasteiger partial charge >= 0.3 is 0 Å². The molecule has 0 bridgehead atoms. The Labute approximate surface area is 157 Å². The van der Waals surface area contributed by atoms with Crippen LogP contribution in [0.2, 0.25) is 5.02 Å². The van der Waals surface area contributed by atoms with E-state index in [1.807, 2.05) is 0 Å². The van der Waals surface area contributed by atoms with E-state index < -0.39 is 17.2 Å². The van der Waals surface area contributed by atoms with E-state index in [-0.39, 0.29) is 24.1 Å². The average molecular weight is 403 g/mol. The van der Waals surface area contributed by atoms with E-state index in [0.29, 0.717) is 16.3 Å². The smallest absolute Gasteiger partial charge is 0.284 e. The maximum absolute atomic E-state index is 13.9. The predicted molar refractivity (Wildman–Crippen MR) is 99.5 cm³/mol. The molecule has 1 amide bonds. The molecule has 0 saturated carbocycles. The molecule has 3 nitrogen and oxygen atoms in total. The summed E-state index contributed by atoms with van der Waals surface area (Å²) in [5.41, 5.74) is -4.38. The molecule has 1 unspecified atom stereocenters. The molecule has 0 saturated heterocycles. The number of hydrogen-bond donors (Lipinski definition) is 1. The van der Waals surface area contributed by atoms with Crippen molar-refractivity contribution in [2.24, 2.45) is 0 Å². The quantitative estimate of drug-likeness (QED) is 0.703. The third kappa shape index (κ3) is 5.18. The van der Waals surface area contributed by atoms with Crippen LogP contribution in [0.15, 0.2) is 36.5 Å². The summed E-state index contributed by atoms with van der Waals surface area (Å²) < 4.78 is 41.0. The van der Waals surface area contributed by atoms with E-state index in [2.05, 4.69) is 10.3 Å². The van der Waals surface area contributed by atoms with Crippen LogP contribution in [0.3, 0.4) is 0 Å². The first-order chi connectivity index (χ1) is 12.0. The second-order valence-electron chi connectivity index (χ2n) is 6.30. The average Bonchev–Trinajstić information content (AvgIpc) is 2.54. The van der Waals surface area contributed by atoms with Gasteiger partial charge in [-0.05, 0) is 26.0 Å². The molecule has 2 aromatic rings. The highest BCUT2D eigenvalue weighted by Gasteiger charge is 2.29. The van der Waals surface area contributed by atoms with Gasteiger partial charge < -0.3 is 5.32 Å². The number of benzene rings is 1. The normalized spacial score (nSPS) is 12.1. The molecule has 0 fully saturated rings. The molecule has 8 heteroatoms. The number of rotatable bonds is 6. The molecular formula is C18H19ClF3N2OP. The lowest BCUT2D eigenvalue weighted by Gasteiger charge is -2.16. The Bertz CT molecular complexity index is 804. The summed E-state index contributed by atoms with van der Waals surface area (Å²) in [4.78, 5) is 16.3. The first kappa shape index (κ1) is 20.7. The molecular weight excluding hydrogens is 384 g/mol. The van der Waals surface area contributed by atoms with Crippen LogP contribution >= 0.6 is 20.8 Å². The monoisotopic (exact) mass is 402 g/mol. The number of carbonyl (C=O) groups excluding carboxylic acids is 1. The minimum absolute atomic E-state index is 0.0962. The minimum atomic E-state index is -3.20. The van der Waals surface area contributed by atoms with Crippen molar-refractivity contribution in [3.8, 4) is 0 Å². The van der Waals surface area contributed by atoms with E-state index in [9.17, 15) is 18.0 Å². The summed E-state index contributed by atoms with van der Waals surface area (Å²) in [5.74, 6) is -0.611. The van der Waals surface area contributed by atoms with E-state index in [1.54, 1.807) is 0 Å². The standard InChI is InChI=1S/C18H19ClF3N2OP/c1-17(2,20)11-9-14(19)15(24-10-11)7-8-23-16(25)12-5-3-4-6-13(12)18(21,22)26/h3-6,9-10H,7-8,26H2,1-2H3,(H,23,25). The number of nitrogens with one attached hydrogen (secondary N) is 1. The molecule has 1 atom stereocenters. The molecule has 1 aromatic carbocycles. The molecule has 1 heterocycles. The molecule has 0 spiro atoms. The van der Waals surface area contributed by atoms with Crippen LogP contribution in [0, 0.1) is 0 Å². The zero-order valence-corrected chi connectivity index (χ0v) is 16.2. The van der Waals surface area contributed by atoms with Gasteiger partial charge in [-0.2, -0.15) is 8.78 Å². The highest BCUT2D eigenvalue weighted by molar-refractivity contribution is 7.17. The van der Waals surface area contributed by atoms with Gasteiger partial charge in [0.05, 0.1) is 10.7 Å². The lowest BCUT2D eigenvalue weighted by molar-refractivity contribution is 0.0895. The Morgan fingerprint density at radius 1 is 1.27 bits per heavy atom. The molecule has 1 aromatic heterocycles. The second-order valence-corrected chi connectivity index (χ2v) is 7.43. The number of alkyl halides is 3. The topological polar surface area (TPSA) is 42.0 Å². The van der Waals surface area contributed by atoms with Gasteiger partial charge in [0.15, 0.2) is 0 Å². The van der Waals surface area contributed by atoms with E-state index >= 15 is 0 Å². The van der Waals surface area contributed by atoms with Crippen molar-refractivity contribution >= 4 is 26.7 Å². The maximum atomic E-state index is 13.9. The largest absolute Gasteiger partial charge is 0.352 e. The van der Waals surface area contributed by atoms with Gasteiger partial charge in [-0.1, -0.05) is 39.0 Å². The number of halogens is 4. The van der Waals surface area contributed by atoms with Gasteiger partial charge in [-0.15, -0.1) is 0 Å². The summed E-state index contributed by atoms with van der Waals surface area (Å²) in [6.45, 7) is 2.96. The fraction of sp³-hybridized carbons (Fsp3) is 0.333. The number of carbonyl (C=O) groups is 1. The second kappa shape index (κ2) is 7.93. The third-order valence-electron chi connectivity index (χ3n) is 3.78. The third-order valence-corrected chi connectivity index (χ3v) is 4.42. The van der Waals surface area contributed by atoms with Crippen LogP contribution in [0.4, 0.5) is 13.2 Å². The van der Waals surface area contributed by atoms with Gasteiger partial charge in [0, 0.05) is 35.9 Å². The number of aromatic nitrogens is 1. The number of amides is 1. The van der Waals surface area contributed by atoms with Crippen molar-refractivity contribution in [2.75, 3.05) is 6.54 Å². The Morgan fingerprint density at radius 2 is 1.92 bits per heavy atom. The van der Waals surface area contributed by atoms with Crippen LogP contribution in [-0.2, 0) is 17.8 Å². The van der Waals surface area contributed by atoms with Crippen molar-refractivity contribution in [2.45, 2.75) is 31.6 Å². The summed E-state index contributed by atoms with van der Waals surface area (Å²) in [6.07, 6.45) is 1.68. The van der Waals surface area contributed by atoms with Crippen LogP contribution in [0.25, 0.3) is 0 Å².